The number of fused-ring (bicyclic) bond motifs is 4. The first-order valence-electron chi connectivity index (χ1n) is 11.7. The number of likely N-dealkylation sites (tertiary alicyclic amines) is 1. The van der Waals surface area contributed by atoms with Gasteiger partial charge in [-0.1, -0.05) is 52.8 Å². The Kier molecular flexibility index (Phi) is 4.44. The standard InChI is InChI=1S/C26H38N2O/c1-25(2,3)20-11-18-14-28(15-19(18)12-20)13-16-9-17-7-8-21-23(22(17)10-16)29-27-24(21)26(4,5)6/h7-8,16,18-20H,9-15H2,1-6H3/t16-,18?,19?,20?/m1/s1. The predicted octanol–water partition coefficient (Wildman–Crippen LogP) is 5.84. The molecule has 158 valence electrons. The summed E-state index contributed by atoms with van der Waals surface area (Å²) in [6, 6.07) is 4.59. The van der Waals surface area contributed by atoms with Crippen molar-refractivity contribution in [3.05, 3.63) is 29.0 Å². The first-order chi connectivity index (χ1) is 13.6. The van der Waals surface area contributed by atoms with Gasteiger partial charge in [0.05, 0.1) is 5.69 Å². The smallest absolute Gasteiger partial charge is 0.170 e. The highest BCUT2D eigenvalue weighted by Crippen LogP contribution is 2.48. The van der Waals surface area contributed by atoms with Crippen molar-refractivity contribution < 1.29 is 4.52 Å². The molecule has 1 saturated heterocycles. The predicted molar refractivity (Wildman–Crippen MR) is 119 cm³/mol. The van der Waals surface area contributed by atoms with Gasteiger partial charge in [0.25, 0.3) is 0 Å². The van der Waals surface area contributed by atoms with E-state index >= 15 is 0 Å². The molecule has 5 rings (SSSR count). The normalized spacial score (nSPS) is 30.3. The van der Waals surface area contributed by atoms with Crippen LogP contribution in [0.5, 0.6) is 0 Å². The maximum absolute atomic E-state index is 5.88. The van der Waals surface area contributed by atoms with Crippen LogP contribution in [0.25, 0.3) is 11.0 Å². The van der Waals surface area contributed by atoms with Crippen LogP contribution < -0.4 is 0 Å². The summed E-state index contributed by atoms with van der Waals surface area (Å²) in [6.07, 6.45) is 5.25. The van der Waals surface area contributed by atoms with Gasteiger partial charge < -0.3 is 9.42 Å². The molecule has 2 aliphatic carbocycles. The Bertz CT molecular complexity index is 899. The van der Waals surface area contributed by atoms with Crippen LogP contribution >= 0.6 is 0 Å². The van der Waals surface area contributed by atoms with Gasteiger partial charge in [-0.25, -0.2) is 0 Å². The Hall–Kier alpha value is -1.35. The summed E-state index contributed by atoms with van der Waals surface area (Å²) >= 11 is 0. The van der Waals surface area contributed by atoms with E-state index in [1.807, 2.05) is 0 Å². The van der Waals surface area contributed by atoms with Crippen molar-refractivity contribution in [1.29, 1.82) is 0 Å². The quantitative estimate of drug-likeness (QED) is 0.640. The number of aromatic nitrogens is 1. The topological polar surface area (TPSA) is 29.3 Å². The summed E-state index contributed by atoms with van der Waals surface area (Å²) in [5, 5.41) is 5.68. The maximum atomic E-state index is 5.88. The van der Waals surface area contributed by atoms with Gasteiger partial charge >= 0.3 is 0 Å². The Labute approximate surface area is 176 Å². The van der Waals surface area contributed by atoms with Crippen LogP contribution in [0.2, 0.25) is 0 Å². The number of benzene rings is 1. The van der Waals surface area contributed by atoms with Gasteiger partial charge in [0.1, 0.15) is 0 Å². The molecular weight excluding hydrogens is 356 g/mol. The summed E-state index contributed by atoms with van der Waals surface area (Å²) in [6.45, 7) is 17.9. The van der Waals surface area contributed by atoms with Crippen molar-refractivity contribution in [2.45, 2.75) is 72.6 Å². The maximum Gasteiger partial charge on any atom is 0.170 e. The van der Waals surface area contributed by atoms with Crippen molar-refractivity contribution in [2.75, 3.05) is 19.6 Å². The minimum atomic E-state index is 0.0236. The third kappa shape index (κ3) is 3.44. The molecule has 0 N–H and O–H groups in total. The van der Waals surface area contributed by atoms with E-state index in [1.54, 1.807) is 0 Å². The lowest BCUT2D eigenvalue weighted by atomic mass is 9.79. The Morgan fingerprint density at radius 1 is 1.00 bits per heavy atom. The lowest BCUT2D eigenvalue weighted by molar-refractivity contribution is 0.202. The molecular formula is C26H38N2O. The van der Waals surface area contributed by atoms with Crippen LogP contribution in [0.1, 0.15) is 71.2 Å². The molecule has 3 nitrogen and oxygen atoms in total. The van der Waals surface area contributed by atoms with E-state index in [0.29, 0.717) is 5.41 Å². The van der Waals surface area contributed by atoms with Gasteiger partial charge in [-0.15, -0.1) is 0 Å². The SMILES string of the molecule is CC(C)(C)c1noc2c3c(ccc12)C[C@@H](CN1CC2CC(C(C)(C)C)CC2C1)C3. The lowest BCUT2D eigenvalue weighted by Crippen LogP contribution is -2.30. The molecule has 3 aliphatic rings. The van der Waals surface area contributed by atoms with Crippen LogP contribution in [0, 0.1) is 29.1 Å². The molecule has 3 heteroatoms. The minimum Gasteiger partial charge on any atom is -0.356 e. The second-order valence-electron chi connectivity index (χ2n) is 12.4. The Morgan fingerprint density at radius 2 is 1.69 bits per heavy atom. The van der Waals surface area contributed by atoms with E-state index in [4.69, 9.17) is 4.52 Å². The van der Waals surface area contributed by atoms with Gasteiger partial charge in [0.15, 0.2) is 5.58 Å². The summed E-state index contributed by atoms with van der Waals surface area (Å²) in [7, 11) is 0. The van der Waals surface area contributed by atoms with Gasteiger partial charge in [-0.2, -0.15) is 0 Å². The lowest BCUT2D eigenvalue weighted by Gasteiger charge is -2.29. The number of nitrogens with zero attached hydrogens (tertiary/aromatic N) is 2. The van der Waals surface area contributed by atoms with Crippen LogP contribution in [-0.2, 0) is 18.3 Å². The van der Waals surface area contributed by atoms with Crippen molar-refractivity contribution in [2.24, 2.45) is 29.1 Å². The fourth-order valence-electron chi connectivity index (χ4n) is 6.48. The molecule has 0 bridgehead atoms. The number of rotatable bonds is 2. The Morgan fingerprint density at radius 3 is 2.31 bits per heavy atom. The zero-order chi connectivity index (χ0) is 20.6. The third-order valence-corrected chi connectivity index (χ3v) is 8.12. The molecule has 2 unspecified atom stereocenters. The molecule has 1 aromatic carbocycles. The molecule has 0 amide bonds. The van der Waals surface area contributed by atoms with E-state index in [2.05, 4.69) is 63.7 Å². The van der Waals surface area contributed by atoms with Crippen LogP contribution in [0.3, 0.4) is 0 Å². The van der Waals surface area contributed by atoms with Gasteiger partial charge in [-0.3, -0.25) is 0 Å². The minimum absolute atomic E-state index is 0.0236. The van der Waals surface area contributed by atoms with Crippen molar-refractivity contribution in [3.8, 4) is 0 Å². The molecule has 1 aliphatic heterocycles. The molecule has 2 fully saturated rings. The molecule has 3 atom stereocenters. The van der Waals surface area contributed by atoms with Crippen LogP contribution in [0.15, 0.2) is 16.7 Å². The van der Waals surface area contributed by atoms with E-state index in [0.717, 1.165) is 41.4 Å². The van der Waals surface area contributed by atoms with E-state index in [-0.39, 0.29) is 5.41 Å². The van der Waals surface area contributed by atoms with E-state index in [1.165, 1.54) is 55.4 Å². The second kappa shape index (κ2) is 6.57. The van der Waals surface area contributed by atoms with Gasteiger partial charge in [0, 0.05) is 36.0 Å². The van der Waals surface area contributed by atoms with Gasteiger partial charge in [-0.05, 0) is 66.4 Å². The second-order valence-corrected chi connectivity index (χ2v) is 12.4. The fourth-order valence-corrected chi connectivity index (χ4v) is 6.48. The highest BCUT2D eigenvalue weighted by atomic mass is 16.5. The monoisotopic (exact) mass is 394 g/mol. The highest BCUT2D eigenvalue weighted by molar-refractivity contribution is 5.85. The number of hydrogen-bond donors (Lipinski definition) is 0. The highest BCUT2D eigenvalue weighted by Gasteiger charge is 2.44. The summed E-state index contributed by atoms with van der Waals surface area (Å²) in [4.78, 5) is 2.78. The van der Waals surface area contributed by atoms with E-state index < -0.39 is 0 Å². The zero-order valence-electron chi connectivity index (χ0n) is 19.2. The van der Waals surface area contributed by atoms with Crippen molar-refractivity contribution >= 4 is 11.0 Å². The molecule has 1 saturated carbocycles. The average molecular weight is 395 g/mol. The summed E-state index contributed by atoms with van der Waals surface area (Å²) < 4.78 is 5.88. The molecule has 2 aromatic rings. The van der Waals surface area contributed by atoms with Gasteiger partial charge in [0.2, 0.25) is 0 Å². The van der Waals surface area contributed by atoms with Crippen molar-refractivity contribution in [3.63, 3.8) is 0 Å². The molecule has 2 heterocycles. The number of hydrogen-bond acceptors (Lipinski definition) is 3. The Balaban J connectivity index is 1.26. The van der Waals surface area contributed by atoms with Crippen molar-refractivity contribution in [1.82, 2.24) is 10.1 Å². The summed E-state index contributed by atoms with van der Waals surface area (Å²) in [5.74, 6) is 3.54. The zero-order valence-corrected chi connectivity index (χ0v) is 19.2. The third-order valence-electron chi connectivity index (χ3n) is 8.12. The average Bonchev–Trinajstić information content (AvgIpc) is 3.32. The largest absolute Gasteiger partial charge is 0.356 e. The molecule has 0 radical (unpaired) electrons. The summed E-state index contributed by atoms with van der Waals surface area (Å²) in [5.41, 5.74) is 5.58. The molecule has 29 heavy (non-hydrogen) atoms. The first-order valence-corrected chi connectivity index (χ1v) is 11.7. The van der Waals surface area contributed by atoms with Crippen LogP contribution in [0.4, 0.5) is 0 Å². The van der Waals surface area contributed by atoms with Crippen LogP contribution in [-0.4, -0.2) is 29.7 Å². The van der Waals surface area contributed by atoms with E-state index in [9.17, 15) is 0 Å². The fraction of sp³-hybridized carbons (Fsp3) is 0.731. The first kappa shape index (κ1) is 19.6. The molecule has 0 spiro atoms. The molecule has 1 aromatic heterocycles.